The lowest BCUT2D eigenvalue weighted by Gasteiger charge is -2.08. The van der Waals surface area contributed by atoms with E-state index >= 15 is 0 Å². The number of aromatic amines is 1. The predicted octanol–water partition coefficient (Wildman–Crippen LogP) is 5.56. The van der Waals surface area contributed by atoms with E-state index in [9.17, 15) is 9.59 Å². The SMILES string of the molecule is CCc1nnc(NC(=O)Nc2ccc(Oc3ccc4nc(NC(=O)C5=CCCC=CO5)[nH]c4c3)cc2)s1. The molecular formula is C25H23N7O4S. The summed E-state index contributed by atoms with van der Waals surface area (Å²) in [4.78, 5) is 32.1. The Balaban J connectivity index is 1.19. The Bertz CT molecular complexity index is 1490. The minimum atomic E-state index is -0.404. The maximum Gasteiger partial charge on any atom is 0.325 e. The summed E-state index contributed by atoms with van der Waals surface area (Å²) < 4.78 is 11.3. The summed E-state index contributed by atoms with van der Waals surface area (Å²) in [5.41, 5.74) is 1.96. The standard InChI is InChI=1S/C25H23N7O4S/c1-2-21-31-32-25(37-21)30-24(34)26-15-7-9-16(10-8-15)36-17-11-12-18-19(14-17)28-23(27-18)29-22(33)20-6-4-3-5-13-35-20/h5-14H,2-4H2,1H3,(H2,26,30,32,34)(H2,27,28,29,33). The van der Waals surface area contributed by atoms with Crippen molar-refractivity contribution >= 4 is 51.1 Å². The quantitative estimate of drug-likeness (QED) is 0.251. The number of hydrogen-bond acceptors (Lipinski definition) is 8. The molecule has 37 heavy (non-hydrogen) atoms. The number of rotatable bonds is 7. The summed E-state index contributed by atoms with van der Waals surface area (Å²) in [7, 11) is 0. The van der Waals surface area contributed by atoms with E-state index in [1.165, 1.54) is 17.6 Å². The van der Waals surface area contributed by atoms with E-state index in [4.69, 9.17) is 9.47 Å². The van der Waals surface area contributed by atoms with Crippen LogP contribution in [-0.4, -0.2) is 32.1 Å². The highest BCUT2D eigenvalue weighted by atomic mass is 32.1. The van der Waals surface area contributed by atoms with Crippen molar-refractivity contribution in [3.63, 3.8) is 0 Å². The van der Waals surface area contributed by atoms with Crippen LogP contribution in [0.15, 0.2) is 66.6 Å². The molecule has 2 aromatic carbocycles. The summed E-state index contributed by atoms with van der Waals surface area (Å²) in [6, 6.07) is 11.9. The topological polar surface area (TPSA) is 143 Å². The van der Waals surface area contributed by atoms with E-state index in [0.29, 0.717) is 39.3 Å². The molecule has 3 heterocycles. The van der Waals surface area contributed by atoms with Gasteiger partial charge in [0, 0.05) is 11.8 Å². The molecule has 0 aliphatic carbocycles. The van der Waals surface area contributed by atoms with Crippen LogP contribution < -0.4 is 20.7 Å². The van der Waals surface area contributed by atoms with Crippen LogP contribution >= 0.6 is 11.3 Å². The lowest BCUT2D eigenvalue weighted by Crippen LogP contribution is -2.19. The summed E-state index contributed by atoms with van der Waals surface area (Å²) in [5.74, 6) is 1.33. The monoisotopic (exact) mass is 517 g/mol. The number of carbonyl (C=O) groups is 2. The van der Waals surface area contributed by atoms with Gasteiger partial charge in [-0.1, -0.05) is 18.3 Å². The number of imidazole rings is 1. The number of urea groups is 1. The lowest BCUT2D eigenvalue weighted by atomic mass is 10.3. The number of amides is 3. The summed E-state index contributed by atoms with van der Waals surface area (Å²) >= 11 is 1.34. The number of nitrogens with zero attached hydrogens (tertiary/aromatic N) is 3. The van der Waals surface area contributed by atoms with Gasteiger partial charge in [0.25, 0.3) is 5.91 Å². The van der Waals surface area contributed by atoms with Gasteiger partial charge in [0.1, 0.15) is 16.5 Å². The van der Waals surface area contributed by atoms with E-state index in [1.54, 1.807) is 48.5 Å². The highest BCUT2D eigenvalue weighted by molar-refractivity contribution is 7.15. The number of nitrogens with one attached hydrogen (secondary N) is 4. The van der Waals surface area contributed by atoms with Gasteiger partial charge in [0.05, 0.1) is 17.3 Å². The fourth-order valence-electron chi connectivity index (χ4n) is 3.42. The Hall–Kier alpha value is -4.71. The third-order valence-corrected chi connectivity index (χ3v) is 6.18. The van der Waals surface area contributed by atoms with Gasteiger partial charge in [0.2, 0.25) is 11.1 Å². The highest BCUT2D eigenvalue weighted by Crippen LogP contribution is 2.27. The van der Waals surface area contributed by atoms with Crippen molar-refractivity contribution in [2.75, 3.05) is 16.0 Å². The van der Waals surface area contributed by atoms with E-state index in [-0.39, 0.29) is 11.7 Å². The van der Waals surface area contributed by atoms with Crippen molar-refractivity contribution < 1.29 is 19.1 Å². The molecule has 0 unspecified atom stereocenters. The zero-order valence-corrected chi connectivity index (χ0v) is 20.6. The molecular weight excluding hydrogens is 494 g/mol. The van der Waals surface area contributed by atoms with Crippen molar-refractivity contribution in [2.45, 2.75) is 26.2 Å². The highest BCUT2D eigenvalue weighted by Gasteiger charge is 2.14. The van der Waals surface area contributed by atoms with Crippen LogP contribution in [0.1, 0.15) is 24.8 Å². The molecule has 1 aliphatic heterocycles. The number of anilines is 3. The van der Waals surface area contributed by atoms with Crippen molar-refractivity contribution in [1.82, 2.24) is 20.2 Å². The zero-order chi connectivity index (χ0) is 25.6. The molecule has 0 fully saturated rings. The van der Waals surface area contributed by atoms with Crippen molar-refractivity contribution in [2.24, 2.45) is 0 Å². The number of benzene rings is 2. The van der Waals surface area contributed by atoms with Crippen LogP contribution in [0.4, 0.5) is 21.6 Å². The average Bonchev–Trinajstić information content (AvgIpc) is 3.41. The summed E-state index contributed by atoms with van der Waals surface area (Å²) in [5, 5.41) is 17.3. The molecule has 0 saturated carbocycles. The molecule has 0 saturated heterocycles. The number of ether oxygens (including phenoxy) is 2. The Morgan fingerprint density at radius 2 is 1.89 bits per heavy atom. The van der Waals surface area contributed by atoms with Gasteiger partial charge in [-0.2, -0.15) is 0 Å². The van der Waals surface area contributed by atoms with Crippen LogP contribution in [0, 0.1) is 0 Å². The third-order valence-electron chi connectivity index (χ3n) is 5.20. The Morgan fingerprint density at radius 1 is 1.05 bits per heavy atom. The van der Waals surface area contributed by atoms with Crippen LogP contribution in [0.5, 0.6) is 11.5 Å². The predicted molar refractivity (Wildman–Crippen MR) is 141 cm³/mol. The van der Waals surface area contributed by atoms with Crippen LogP contribution in [-0.2, 0) is 16.0 Å². The number of hydrogen-bond donors (Lipinski definition) is 4. The molecule has 5 rings (SSSR count). The molecule has 12 heteroatoms. The first-order valence-corrected chi connectivity index (χ1v) is 12.4. The summed E-state index contributed by atoms with van der Waals surface area (Å²) in [6.07, 6.45) is 7.44. The second kappa shape index (κ2) is 10.9. The van der Waals surface area contributed by atoms with Crippen LogP contribution in [0.3, 0.4) is 0 Å². The molecule has 4 aromatic rings. The molecule has 188 valence electrons. The first-order valence-electron chi connectivity index (χ1n) is 11.6. The van der Waals surface area contributed by atoms with Crippen molar-refractivity contribution in [3.05, 3.63) is 71.6 Å². The van der Waals surface area contributed by atoms with E-state index in [1.807, 2.05) is 13.0 Å². The van der Waals surface area contributed by atoms with Crippen LogP contribution in [0.2, 0.25) is 0 Å². The third kappa shape index (κ3) is 6.11. The maximum atomic E-state index is 12.4. The normalized spacial score (nSPS) is 12.8. The number of fused-ring (bicyclic) bond motifs is 1. The Morgan fingerprint density at radius 3 is 2.70 bits per heavy atom. The summed E-state index contributed by atoms with van der Waals surface area (Å²) in [6.45, 7) is 1.98. The molecule has 3 amide bonds. The minimum absolute atomic E-state index is 0.236. The molecule has 4 N–H and O–H groups in total. The number of aryl methyl sites for hydroxylation is 1. The molecule has 0 bridgehead atoms. The Kier molecular flexibility index (Phi) is 7.08. The van der Waals surface area contributed by atoms with E-state index in [0.717, 1.165) is 24.3 Å². The fraction of sp³-hybridized carbons (Fsp3) is 0.160. The first-order chi connectivity index (χ1) is 18.1. The molecule has 0 spiro atoms. The first kappa shape index (κ1) is 24.0. The fourth-order valence-corrected chi connectivity index (χ4v) is 4.10. The molecule has 2 aromatic heterocycles. The number of H-pyrrole nitrogens is 1. The molecule has 11 nitrogen and oxygen atoms in total. The second-order valence-electron chi connectivity index (χ2n) is 7.91. The number of carbonyl (C=O) groups excluding carboxylic acids is 2. The second-order valence-corrected chi connectivity index (χ2v) is 8.98. The average molecular weight is 518 g/mol. The largest absolute Gasteiger partial charge is 0.460 e. The number of aromatic nitrogens is 4. The van der Waals surface area contributed by atoms with Gasteiger partial charge in [-0.15, -0.1) is 10.2 Å². The van der Waals surface area contributed by atoms with Crippen molar-refractivity contribution in [1.29, 1.82) is 0 Å². The lowest BCUT2D eigenvalue weighted by molar-refractivity contribution is -0.115. The maximum absolute atomic E-state index is 12.4. The van der Waals surface area contributed by atoms with Gasteiger partial charge in [-0.05, 0) is 67.8 Å². The van der Waals surface area contributed by atoms with Gasteiger partial charge >= 0.3 is 6.03 Å². The van der Waals surface area contributed by atoms with Gasteiger partial charge in [0.15, 0.2) is 5.76 Å². The zero-order valence-electron chi connectivity index (χ0n) is 19.8. The molecule has 0 radical (unpaired) electrons. The van der Waals surface area contributed by atoms with E-state index in [2.05, 4.69) is 36.1 Å². The molecule has 0 atom stereocenters. The van der Waals surface area contributed by atoms with Gasteiger partial charge in [-0.3, -0.25) is 15.4 Å². The molecule has 1 aliphatic rings. The number of allylic oxidation sites excluding steroid dienone is 2. The minimum Gasteiger partial charge on any atom is -0.460 e. The Labute approximate surface area is 215 Å². The van der Waals surface area contributed by atoms with Crippen molar-refractivity contribution in [3.8, 4) is 11.5 Å². The van der Waals surface area contributed by atoms with Gasteiger partial charge < -0.3 is 19.8 Å². The van der Waals surface area contributed by atoms with E-state index < -0.39 is 6.03 Å². The van der Waals surface area contributed by atoms with Gasteiger partial charge in [-0.25, -0.2) is 9.78 Å². The smallest absolute Gasteiger partial charge is 0.325 e. The van der Waals surface area contributed by atoms with Crippen LogP contribution in [0.25, 0.3) is 11.0 Å².